The molecule has 2 spiro atoms. The van der Waals surface area contributed by atoms with Gasteiger partial charge in [-0.2, -0.15) is 0 Å². The van der Waals surface area contributed by atoms with E-state index in [-0.39, 0.29) is 31.1 Å². The maximum atomic E-state index is 14.7. The molecule has 2 heterocycles. The summed E-state index contributed by atoms with van der Waals surface area (Å²) in [5, 5.41) is 0. The fraction of sp³-hybridized carbons (Fsp3) is 0.406. The molecule has 10 heteroatoms. The zero-order valence-electron chi connectivity index (χ0n) is 24.1. The van der Waals surface area contributed by atoms with Crippen molar-refractivity contribution in [3.8, 4) is 0 Å². The largest absolute Gasteiger partial charge is 0.469 e. The van der Waals surface area contributed by atoms with Gasteiger partial charge in [-0.25, -0.2) is 4.79 Å². The number of carbonyl (C=O) groups excluding carboxylic acids is 5. The predicted molar refractivity (Wildman–Crippen MR) is 150 cm³/mol. The smallest absolute Gasteiger partial charge is 0.335 e. The van der Waals surface area contributed by atoms with E-state index in [4.69, 9.17) is 14.2 Å². The first-order valence-corrected chi connectivity index (χ1v) is 14.0. The van der Waals surface area contributed by atoms with Gasteiger partial charge in [0.1, 0.15) is 5.41 Å². The SMILES string of the molecule is CCOC(=O)C1=CCC(C(=O)OC)(C2C(C(=O)OCC)C23C(=O)N(C)c2ccccc23)C12C(=O)N(C)c1ccccc12. The molecule has 5 atom stereocenters. The highest BCUT2D eigenvalue weighted by atomic mass is 16.5. The number of fused-ring (bicyclic) bond motifs is 4. The number of para-hydroxylation sites is 2. The third kappa shape index (κ3) is 2.92. The van der Waals surface area contributed by atoms with Gasteiger partial charge in [0.2, 0.25) is 11.8 Å². The standard InChI is InChI=1S/C32H32N2O8/c1-6-41-25(35)20-16-17-30(29(39)40-5,32(20)19-13-9-11-15-22(19)34(4)28(32)38)24-23(26(36)42-7-2)31(24)18-12-8-10-14-21(18)33(3)27(31)37/h8-16,23-24H,6-7,17H2,1-5H3. The number of rotatable bonds is 6. The number of carbonyl (C=O) groups is 5. The van der Waals surface area contributed by atoms with Crippen LogP contribution < -0.4 is 9.80 Å². The van der Waals surface area contributed by atoms with Crippen molar-refractivity contribution in [2.75, 3.05) is 44.2 Å². The summed E-state index contributed by atoms with van der Waals surface area (Å²) in [5.41, 5.74) is -3.24. The number of hydrogen-bond donors (Lipinski definition) is 0. The Morgan fingerprint density at radius 2 is 1.43 bits per heavy atom. The van der Waals surface area contributed by atoms with E-state index < -0.39 is 51.9 Å². The van der Waals surface area contributed by atoms with Gasteiger partial charge < -0.3 is 24.0 Å². The quantitative estimate of drug-likeness (QED) is 0.383. The van der Waals surface area contributed by atoms with E-state index in [0.29, 0.717) is 22.5 Å². The third-order valence-corrected chi connectivity index (χ3v) is 9.69. The van der Waals surface area contributed by atoms with E-state index in [9.17, 15) is 24.0 Å². The van der Waals surface area contributed by atoms with Gasteiger partial charge in [-0.05, 0) is 43.5 Å². The second-order valence-electron chi connectivity index (χ2n) is 11.1. The maximum Gasteiger partial charge on any atom is 0.335 e. The molecule has 0 radical (unpaired) electrons. The Hall–Kier alpha value is -4.47. The number of hydrogen-bond acceptors (Lipinski definition) is 8. The van der Waals surface area contributed by atoms with Crippen molar-refractivity contribution in [2.24, 2.45) is 17.3 Å². The van der Waals surface area contributed by atoms with Crippen LogP contribution in [-0.4, -0.2) is 64.1 Å². The van der Waals surface area contributed by atoms with Crippen molar-refractivity contribution in [1.29, 1.82) is 0 Å². The first-order chi connectivity index (χ1) is 20.1. The lowest BCUT2D eigenvalue weighted by Gasteiger charge is -2.43. The number of likely N-dealkylation sites (N-methyl/N-ethyl adjacent to an activating group) is 2. The van der Waals surface area contributed by atoms with E-state index in [1.807, 2.05) is 0 Å². The van der Waals surface area contributed by atoms with Crippen LogP contribution in [0.3, 0.4) is 0 Å². The van der Waals surface area contributed by atoms with Crippen LogP contribution in [0.15, 0.2) is 60.2 Å². The van der Waals surface area contributed by atoms with Gasteiger partial charge in [-0.3, -0.25) is 19.2 Å². The number of nitrogens with zero attached hydrogens (tertiary/aromatic N) is 2. The van der Waals surface area contributed by atoms with Crippen LogP contribution in [-0.2, 0) is 49.0 Å². The molecule has 2 aromatic rings. The highest BCUT2D eigenvalue weighted by molar-refractivity contribution is 6.21. The summed E-state index contributed by atoms with van der Waals surface area (Å²) >= 11 is 0. The van der Waals surface area contributed by atoms with Gasteiger partial charge in [-0.15, -0.1) is 0 Å². The first kappa shape index (κ1) is 27.7. The van der Waals surface area contributed by atoms with Crippen LogP contribution in [0.1, 0.15) is 31.4 Å². The van der Waals surface area contributed by atoms with Gasteiger partial charge in [-0.1, -0.05) is 42.5 Å². The molecule has 0 N–H and O–H groups in total. The molecule has 0 aromatic heterocycles. The molecule has 2 aromatic carbocycles. The summed E-state index contributed by atoms with van der Waals surface area (Å²) in [7, 11) is 4.41. The Labute approximate surface area is 243 Å². The summed E-state index contributed by atoms with van der Waals surface area (Å²) < 4.78 is 16.4. The van der Waals surface area contributed by atoms with Crippen LogP contribution in [0.5, 0.6) is 0 Å². The van der Waals surface area contributed by atoms with E-state index in [2.05, 4.69) is 0 Å². The van der Waals surface area contributed by atoms with Crippen molar-refractivity contribution in [3.05, 3.63) is 71.3 Å². The molecular weight excluding hydrogens is 540 g/mol. The van der Waals surface area contributed by atoms with Crippen LogP contribution in [0, 0.1) is 17.3 Å². The molecule has 5 unspecified atom stereocenters. The highest BCUT2D eigenvalue weighted by Crippen LogP contribution is 2.78. The van der Waals surface area contributed by atoms with Crippen LogP contribution >= 0.6 is 0 Å². The van der Waals surface area contributed by atoms with Crippen molar-refractivity contribution in [3.63, 3.8) is 0 Å². The van der Waals surface area contributed by atoms with Gasteiger partial charge in [0.15, 0.2) is 0 Å². The fourth-order valence-corrected chi connectivity index (χ4v) is 8.25. The van der Waals surface area contributed by atoms with Crippen LogP contribution in [0.25, 0.3) is 0 Å². The molecule has 2 amide bonds. The minimum absolute atomic E-state index is 0.00621. The Kier molecular flexibility index (Phi) is 6.11. The number of amides is 2. The lowest BCUT2D eigenvalue weighted by molar-refractivity contribution is -0.163. The zero-order valence-corrected chi connectivity index (χ0v) is 24.1. The van der Waals surface area contributed by atoms with E-state index in [1.165, 1.54) is 16.9 Å². The lowest BCUT2D eigenvalue weighted by atomic mass is 9.55. The molecule has 0 saturated heterocycles. The summed E-state index contributed by atoms with van der Waals surface area (Å²) in [5.74, 6) is -5.33. The highest BCUT2D eigenvalue weighted by Gasteiger charge is 2.89. The van der Waals surface area contributed by atoms with Crippen molar-refractivity contribution >= 4 is 41.1 Å². The zero-order chi connectivity index (χ0) is 30.2. The van der Waals surface area contributed by atoms with Gasteiger partial charge in [0.05, 0.1) is 42.6 Å². The minimum atomic E-state index is -1.92. The molecule has 6 rings (SSSR count). The Bertz CT molecular complexity index is 1600. The monoisotopic (exact) mass is 572 g/mol. The first-order valence-electron chi connectivity index (χ1n) is 14.0. The second kappa shape index (κ2) is 9.27. The molecule has 4 aliphatic rings. The Balaban J connectivity index is 1.71. The fourth-order valence-electron chi connectivity index (χ4n) is 8.25. The maximum absolute atomic E-state index is 14.7. The number of allylic oxidation sites excluding steroid dienone is 1. The van der Waals surface area contributed by atoms with Gasteiger partial charge >= 0.3 is 17.9 Å². The summed E-state index contributed by atoms with van der Waals surface area (Å²) in [6.07, 6.45) is 1.41. The summed E-state index contributed by atoms with van der Waals surface area (Å²) in [4.78, 5) is 73.9. The number of ether oxygens (including phenoxy) is 3. The topological polar surface area (TPSA) is 120 Å². The molecule has 218 valence electrons. The molecule has 2 aliphatic heterocycles. The number of esters is 3. The molecule has 10 nitrogen and oxygen atoms in total. The minimum Gasteiger partial charge on any atom is -0.469 e. The Morgan fingerprint density at radius 1 is 0.857 bits per heavy atom. The van der Waals surface area contributed by atoms with Crippen molar-refractivity contribution < 1.29 is 38.2 Å². The molecular formula is C32H32N2O8. The number of anilines is 2. The van der Waals surface area contributed by atoms with E-state index in [1.54, 1.807) is 82.5 Å². The molecule has 0 bridgehead atoms. The van der Waals surface area contributed by atoms with Crippen LogP contribution in [0.2, 0.25) is 0 Å². The van der Waals surface area contributed by atoms with Gasteiger partial charge in [0, 0.05) is 31.4 Å². The Morgan fingerprint density at radius 3 is 2.05 bits per heavy atom. The number of benzene rings is 2. The lowest BCUT2D eigenvalue weighted by Crippen LogP contribution is -2.58. The van der Waals surface area contributed by atoms with E-state index >= 15 is 0 Å². The summed E-state index contributed by atoms with van der Waals surface area (Å²) in [6, 6.07) is 14.0. The van der Waals surface area contributed by atoms with E-state index in [0.717, 1.165) is 0 Å². The molecule has 42 heavy (non-hydrogen) atoms. The normalized spacial score (nSPS) is 30.4. The average Bonchev–Trinajstić information content (AvgIpc) is 3.41. The van der Waals surface area contributed by atoms with Crippen molar-refractivity contribution in [2.45, 2.75) is 31.1 Å². The average molecular weight is 573 g/mol. The summed E-state index contributed by atoms with van der Waals surface area (Å²) in [6.45, 7) is 3.41. The van der Waals surface area contributed by atoms with Gasteiger partial charge in [0.25, 0.3) is 0 Å². The van der Waals surface area contributed by atoms with Crippen LogP contribution in [0.4, 0.5) is 11.4 Å². The van der Waals surface area contributed by atoms with Crippen molar-refractivity contribution in [1.82, 2.24) is 0 Å². The second-order valence-corrected chi connectivity index (χ2v) is 11.1. The molecule has 1 fully saturated rings. The third-order valence-electron chi connectivity index (χ3n) is 9.69. The predicted octanol–water partition coefficient (Wildman–Crippen LogP) is 2.68. The molecule has 2 aliphatic carbocycles. The number of methoxy groups -OCH3 is 1. The molecule has 1 saturated carbocycles.